The van der Waals surface area contributed by atoms with E-state index in [1.165, 1.54) is 28.7 Å². The lowest BCUT2D eigenvalue weighted by molar-refractivity contribution is 1.02. The molecule has 1 aliphatic carbocycles. The molecule has 0 aromatic heterocycles. The molecule has 0 saturated carbocycles. The minimum atomic E-state index is 1.12. The van der Waals surface area contributed by atoms with E-state index in [0.717, 1.165) is 12.8 Å². The lowest BCUT2D eigenvalue weighted by atomic mass is 10.0. The van der Waals surface area contributed by atoms with Crippen LogP contribution in [0.4, 0.5) is 0 Å². The maximum absolute atomic E-state index is 3.74. The van der Waals surface area contributed by atoms with Gasteiger partial charge in [0.25, 0.3) is 0 Å². The maximum atomic E-state index is 3.74. The van der Waals surface area contributed by atoms with Crippen molar-refractivity contribution in [1.82, 2.24) is 0 Å². The van der Waals surface area contributed by atoms with Gasteiger partial charge in [-0.15, -0.1) is 5.73 Å². The van der Waals surface area contributed by atoms with E-state index >= 15 is 0 Å². The fourth-order valence-electron chi connectivity index (χ4n) is 2.11. The van der Waals surface area contributed by atoms with Gasteiger partial charge in [-0.25, -0.2) is 0 Å². The van der Waals surface area contributed by atoms with Gasteiger partial charge in [-0.1, -0.05) is 31.7 Å². The van der Waals surface area contributed by atoms with Gasteiger partial charge >= 0.3 is 0 Å². The van der Waals surface area contributed by atoms with Crippen LogP contribution in [-0.2, 0) is 12.8 Å². The fraction of sp³-hybridized carbons (Fsp3) is 0.308. The predicted molar refractivity (Wildman–Crippen MR) is 56.7 cm³/mol. The highest BCUT2D eigenvalue weighted by molar-refractivity contribution is 5.72. The molecule has 0 amide bonds. The molecule has 0 unspecified atom stereocenters. The number of hydrogen-bond acceptors (Lipinski definition) is 0. The Morgan fingerprint density at radius 3 is 2.92 bits per heavy atom. The first-order valence-electron chi connectivity index (χ1n) is 4.87. The van der Waals surface area contributed by atoms with Crippen LogP contribution in [0.2, 0.25) is 0 Å². The summed E-state index contributed by atoms with van der Waals surface area (Å²) in [7, 11) is 0. The van der Waals surface area contributed by atoms with Crippen LogP contribution in [0.5, 0.6) is 0 Å². The van der Waals surface area contributed by atoms with Crippen LogP contribution in [0, 0.1) is 0 Å². The molecule has 13 heavy (non-hydrogen) atoms. The van der Waals surface area contributed by atoms with Gasteiger partial charge in [0.1, 0.15) is 0 Å². The molecule has 1 aromatic rings. The maximum Gasteiger partial charge on any atom is 0.00120 e. The second kappa shape index (κ2) is 3.24. The molecule has 0 saturated heterocycles. The van der Waals surface area contributed by atoms with E-state index in [-0.39, 0.29) is 0 Å². The van der Waals surface area contributed by atoms with Crippen molar-refractivity contribution < 1.29 is 0 Å². The quantitative estimate of drug-likeness (QED) is 0.567. The molecule has 0 fully saturated rings. The van der Waals surface area contributed by atoms with Crippen LogP contribution in [0.25, 0.3) is 5.57 Å². The molecular weight excluding hydrogens is 156 g/mol. The molecule has 0 N–H and O–H groups in total. The number of fused-ring (bicyclic) bond motifs is 1. The van der Waals surface area contributed by atoms with Crippen molar-refractivity contribution >= 4 is 5.57 Å². The van der Waals surface area contributed by atoms with Crippen molar-refractivity contribution in [2.24, 2.45) is 0 Å². The second-order valence-corrected chi connectivity index (χ2v) is 3.45. The van der Waals surface area contributed by atoms with E-state index in [2.05, 4.69) is 37.4 Å². The van der Waals surface area contributed by atoms with Crippen molar-refractivity contribution in [3.8, 4) is 0 Å². The summed E-state index contributed by atoms with van der Waals surface area (Å²) >= 11 is 0. The van der Waals surface area contributed by atoms with Crippen LogP contribution in [-0.4, -0.2) is 0 Å². The van der Waals surface area contributed by atoms with Gasteiger partial charge in [-0.2, -0.15) is 0 Å². The van der Waals surface area contributed by atoms with Crippen LogP contribution in [0.3, 0.4) is 0 Å². The molecular formula is C13H14. The lowest BCUT2D eigenvalue weighted by Crippen LogP contribution is -1.89. The summed E-state index contributed by atoms with van der Waals surface area (Å²) in [6.07, 6.45) is 3.43. The van der Waals surface area contributed by atoms with Gasteiger partial charge in [0, 0.05) is 5.57 Å². The summed E-state index contributed by atoms with van der Waals surface area (Å²) in [6.45, 7) is 5.95. The SMILES string of the molecule is C=C=C1CCc2c(CC)cccc21. The van der Waals surface area contributed by atoms with E-state index in [1.54, 1.807) is 0 Å². The molecule has 2 rings (SSSR count). The third kappa shape index (κ3) is 1.24. The smallest absolute Gasteiger partial charge is 0.00120 e. The molecule has 1 aliphatic rings. The zero-order valence-electron chi connectivity index (χ0n) is 8.06. The molecule has 0 heterocycles. The monoisotopic (exact) mass is 170 g/mol. The number of hydrogen-bond donors (Lipinski definition) is 0. The van der Waals surface area contributed by atoms with E-state index in [0.29, 0.717) is 0 Å². The largest absolute Gasteiger partial charge is 0.125 e. The van der Waals surface area contributed by atoms with E-state index < -0.39 is 0 Å². The zero-order valence-corrected chi connectivity index (χ0v) is 8.06. The molecule has 66 valence electrons. The molecule has 0 aliphatic heterocycles. The van der Waals surface area contributed by atoms with Crippen LogP contribution >= 0.6 is 0 Å². The first-order chi connectivity index (χ1) is 6.36. The Labute approximate surface area is 79.6 Å². The summed E-state index contributed by atoms with van der Waals surface area (Å²) in [6, 6.07) is 6.56. The third-order valence-corrected chi connectivity index (χ3v) is 2.82. The topological polar surface area (TPSA) is 0 Å². The summed E-state index contributed by atoms with van der Waals surface area (Å²) in [5.74, 6) is 0. The van der Waals surface area contributed by atoms with Gasteiger partial charge in [0.05, 0.1) is 0 Å². The van der Waals surface area contributed by atoms with E-state index in [9.17, 15) is 0 Å². The van der Waals surface area contributed by atoms with E-state index in [1.807, 2.05) is 0 Å². The zero-order chi connectivity index (χ0) is 9.26. The first-order valence-corrected chi connectivity index (χ1v) is 4.87. The average molecular weight is 170 g/mol. The highest BCUT2D eigenvalue weighted by Crippen LogP contribution is 2.33. The molecule has 0 nitrogen and oxygen atoms in total. The number of allylic oxidation sites excluding steroid dienone is 1. The standard InChI is InChI=1S/C13H14/c1-3-10-6-5-7-12-11(4-2)8-9-13(10)12/h5-7H,2-3,8-9H2,1H3. The molecule has 0 heteroatoms. The minimum absolute atomic E-state index is 1.12. The first kappa shape index (κ1) is 8.34. The van der Waals surface area contributed by atoms with Crippen molar-refractivity contribution in [2.75, 3.05) is 0 Å². The molecule has 1 aromatic carbocycles. The molecule has 0 bridgehead atoms. The van der Waals surface area contributed by atoms with E-state index in [4.69, 9.17) is 0 Å². The van der Waals surface area contributed by atoms with Gasteiger partial charge in [0.2, 0.25) is 0 Å². The van der Waals surface area contributed by atoms with Gasteiger partial charge < -0.3 is 0 Å². The second-order valence-electron chi connectivity index (χ2n) is 3.45. The molecule has 0 atom stereocenters. The third-order valence-electron chi connectivity index (χ3n) is 2.82. The van der Waals surface area contributed by atoms with Gasteiger partial charge in [0.15, 0.2) is 0 Å². The van der Waals surface area contributed by atoms with Crippen molar-refractivity contribution in [1.29, 1.82) is 0 Å². The molecule has 0 radical (unpaired) electrons. The average Bonchev–Trinajstić information content (AvgIpc) is 2.60. The highest BCUT2D eigenvalue weighted by atomic mass is 14.2. The van der Waals surface area contributed by atoms with Crippen LogP contribution in [0.1, 0.15) is 30.0 Å². The summed E-state index contributed by atoms with van der Waals surface area (Å²) in [4.78, 5) is 0. The minimum Gasteiger partial charge on any atom is -0.125 e. The Hall–Kier alpha value is -1.26. The number of rotatable bonds is 1. The Kier molecular flexibility index (Phi) is 2.08. The fourth-order valence-corrected chi connectivity index (χ4v) is 2.11. The van der Waals surface area contributed by atoms with Gasteiger partial charge in [-0.3, -0.25) is 0 Å². The summed E-state index contributed by atoms with van der Waals surface area (Å²) < 4.78 is 0. The summed E-state index contributed by atoms with van der Waals surface area (Å²) in [5, 5.41) is 0. The van der Waals surface area contributed by atoms with Crippen LogP contribution in [0.15, 0.2) is 30.5 Å². The Morgan fingerprint density at radius 1 is 1.38 bits per heavy atom. The summed E-state index contributed by atoms with van der Waals surface area (Å²) in [5.41, 5.74) is 8.73. The highest BCUT2D eigenvalue weighted by Gasteiger charge is 2.17. The number of benzene rings is 1. The van der Waals surface area contributed by atoms with Crippen molar-refractivity contribution in [2.45, 2.75) is 26.2 Å². The predicted octanol–water partition coefficient (Wildman–Crippen LogP) is 3.36. The van der Waals surface area contributed by atoms with Crippen LogP contribution < -0.4 is 0 Å². The number of aryl methyl sites for hydroxylation is 1. The normalized spacial score (nSPS) is 14.1. The molecule has 0 spiro atoms. The Morgan fingerprint density at radius 2 is 2.23 bits per heavy atom. The Bertz CT molecular complexity index is 379. The lowest BCUT2D eigenvalue weighted by Gasteiger charge is -2.04. The van der Waals surface area contributed by atoms with Crippen molar-refractivity contribution in [3.63, 3.8) is 0 Å². The Balaban J connectivity index is 2.61. The van der Waals surface area contributed by atoms with Crippen molar-refractivity contribution in [3.05, 3.63) is 47.2 Å². The van der Waals surface area contributed by atoms with Gasteiger partial charge in [-0.05, 0) is 36.0 Å².